The molecule has 5 N–H and O–H groups in total. The van der Waals surface area contributed by atoms with E-state index in [1.807, 2.05) is 0 Å². The van der Waals surface area contributed by atoms with Crippen molar-refractivity contribution in [1.29, 1.82) is 10.8 Å². The number of hydrogen-bond donors (Lipinski definition) is 4. The Labute approximate surface area is 183 Å². The fourth-order valence-electron chi connectivity index (χ4n) is 3.20. The molecule has 160 valence electrons. The molecule has 30 heavy (non-hydrogen) atoms. The van der Waals surface area contributed by atoms with Crippen LogP contribution in [0.5, 0.6) is 0 Å². The van der Waals surface area contributed by atoms with Crippen molar-refractivity contribution in [2.24, 2.45) is 16.6 Å². The van der Waals surface area contributed by atoms with Crippen LogP contribution in [-0.2, 0) is 20.3 Å². The Balaban J connectivity index is 1.61. The van der Waals surface area contributed by atoms with Crippen LogP contribution in [0, 0.1) is 16.7 Å². The number of guanidine groups is 1. The Kier molecular flexibility index (Phi) is 4.94. The van der Waals surface area contributed by atoms with Crippen molar-refractivity contribution < 1.29 is 13.2 Å². The number of nitrogens with one attached hydrogen (secondary N) is 3. The van der Waals surface area contributed by atoms with E-state index in [0.29, 0.717) is 21.3 Å². The Bertz CT molecular complexity index is 1180. The van der Waals surface area contributed by atoms with E-state index in [4.69, 9.17) is 32.9 Å². The summed E-state index contributed by atoms with van der Waals surface area (Å²) in [5.41, 5.74) is 5.88. The van der Waals surface area contributed by atoms with E-state index >= 15 is 0 Å². The third kappa shape index (κ3) is 3.72. The zero-order chi connectivity index (χ0) is 21.8. The van der Waals surface area contributed by atoms with Gasteiger partial charge in [0, 0.05) is 13.0 Å². The van der Waals surface area contributed by atoms with Gasteiger partial charge in [-0.1, -0.05) is 11.6 Å². The number of ether oxygens (including phenoxy) is 1. The lowest BCUT2D eigenvalue weighted by molar-refractivity contribution is 0.482. The Hall–Kier alpha value is -2.37. The zero-order valence-electron chi connectivity index (χ0n) is 16.3. The fraction of sp³-hybridized carbons (Fsp3) is 0.389. The summed E-state index contributed by atoms with van der Waals surface area (Å²) < 4.78 is 31.2. The number of aliphatic imine (C=N–C) groups is 1. The second kappa shape index (κ2) is 7.10. The van der Waals surface area contributed by atoms with Crippen LogP contribution in [0.1, 0.15) is 30.3 Å². The molecule has 0 bridgehead atoms. The summed E-state index contributed by atoms with van der Waals surface area (Å²) in [6, 6.07) is 5.21. The molecule has 0 saturated heterocycles. The highest BCUT2D eigenvalue weighted by Gasteiger charge is 2.42. The van der Waals surface area contributed by atoms with Crippen LogP contribution in [0.25, 0.3) is 10.6 Å². The van der Waals surface area contributed by atoms with E-state index in [0.717, 1.165) is 22.0 Å². The molecule has 12 heteroatoms. The summed E-state index contributed by atoms with van der Waals surface area (Å²) in [6.45, 7) is 1.69. The van der Waals surface area contributed by atoms with E-state index in [2.05, 4.69) is 9.98 Å². The average Bonchev–Trinajstić information content (AvgIpc) is 3.25. The Morgan fingerprint density at radius 3 is 2.77 bits per heavy atom. The fourth-order valence-corrected chi connectivity index (χ4v) is 6.34. The summed E-state index contributed by atoms with van der Waals surface area (Å²) >= 11 is 7.77. The highest BCUT2D eigenvalue weighted by Crippen LogP contribution is 2.44. The molecule has 1 saturated carbocycles. The topological polar surface area (TPSA) is 148 Å². The minimum atomic E-state index is -3.61. The van der Waals surface area contributed by atoms with Crippen LogP contribution in [0.2, 0.25) is 5.02 Å². The van der Waals surface area contributed by atoms with E-state index in [1.165, 1.54) is 18.4 Å². The number of nitrogens with two attached hydrogens (primary N) is 1. The molecule has 4 rings (SSSR count). The van der Waals surface area contributed by atoms with Crippen LogP contribution >= 0.6 is 22.9 Å². The first kappa shape index (κ1) is 20.9. The Morgan fingerprint density at radius 2 is 2.13 bits per heavy atom. The molecule has 0 radical (unpaired) electrons. The number of sulfonamides is 1. The lowest BCUT2D eigenvalue weighted by Gasteiger charge is -2.33. The monoisotopic (exact) mass is 468 g/mol. The lowest BCUT2D eigenvalue weighted by atomic mass is 10.0. The van der Waals surface area contributed by atoms with Gasteiger partial charge in [-0.15, -0.1) is 11.3 Å². The highest BCUT2D eigenvalue weighted by molar-refractivity contribution is 7.89. The van der Waals surface area contributed by atoms with Gasteiger partial charge < -0.3 is 15.5 Å². The van der Waals surface area contributed by atoms with Gasteiger partial charge in [0.25, 0.3) is 0 Å². The first-order valence-electron chi connectivity index (χ1n) is 9.16. The van der Waals surface area contributed by atoms with Gasteiger partial charge in [-0.2, -0.15) is 0 Å². The highest BCUT2D eigenvalue weighted by atomic mass is 35.5. The van der Waals surface area contributed by atoms with E-state index in [1.54, 1.807) is 25.1 Å². The number of aromatic nitrogens is 1. The van der Waals surface area contributed by atoms with Gasteiger partial charge in [-0.3, -0.25) is 10.8 Å². The molecule has 0 aromatic carbocycles. The maximum absolute atomic E-state index is 12.5. The van der Waals surface area contributed by atoms with E-state index in [9.17, 15) is 8.42 Å². The molecule has 1 atom stereocenters. The average molecular weight is 469 g/mol. The Morgan fingerprint density at radius 1 is 1.43 bits per heavy atom. The lowest BCUT2D eigenvalue weighted by Crippen LogP contribution is -2.50. The number of aromatic amines is 1. The van der Waals surface area contributed by atoms with Crippen molar-refractivity contribution in [3.8, 4) is 10.6 Å². The van der Waals surface area contributed by atoms with Crippen LogP contribution in [-0.4, -0.2) is 48.3 Å². The SMILES string of the molecule is CN1C(N)=NC(C)(c2sc(-c3ccc(C(=N)OC(=N)C4CC4)[nH]3)cc2Cl)CS1(=O)=O. The van der Waals surface area contributed by atoms with Gasteiger partial charge >= 0.3 is 0 Å². The largest absolute Gasteiger partial charge is 0.423 e. The predicted octanol–water partition coefficient (Wildman–Crippen LogP) is 2.93. The van der Waals surface area contributed by atoms with E-state index in [-0.39, 0.29) is 29.4 Å². The molecule has 9 nitrogen and oxygen atoms in total. The van der Waals surface area contributed by atoms with Gasteiger partial charge in [-0.05, 0) is 38.0 Å². The van der Waals surface area contributed by atoms with Crippen molar-refractivity contribution in [2.45, 2.75) is 25.3 Å². The van der Waals surface area contributed by atoms with Crippen LogP contribution in [0.3, 0.4) is 0 Å². The normalized spacial score (nSPS) is 23.2. The van der Waals surface area contributed by atoms with Crippen molar-refractivity contribution in [1.82, 2.24) is 9.29 Å². The van der Waals surface area contributed by atoms with Crippen molar-refractivity contribution >= 4 is 50.7 Å². The molecule has 0 spiro atoms. The molecule has 1 aliphatic heterocycles. The van der Waals surface area contributed by atoms with Gasteiger partial charge in [0.15, 0.2) is 5.90 Å². The summed E-state index contributed by atoms with van der Waals surface area (Å²) in [4.78, 5) is 8.85. The molecular weight excluding hydrogens is 448 g/mol. The molecule has 1 aliphatic carbocycles. The number of nitrogens with zero attached hydrogens (tertiary/aromatic N) is 2. The number of rotatable bonds is 4. The summed E-state index contributed by atoms with van der Waals surface area (Å²) in [5.74, 6) is -0.205. The van der Waals surface area contributed by atoms with Gasteiger partial charge in [0.05, 0.1) is 26.2 Å². The number of halogens is 1. The molecule has 2 aliphatic rings. The number of H-pyrrole nitrogens is 1. The minimum absolute atomic E-state index is 0.0827. The van der Waals surface area contributed by atoms with Crippen LogP contribution in [0.4, 0.5) is 0 Å². The summed E-state index contributed by atoms with van der Waals surface area (Å²) in [5, 5.41) is 16.3. The maximum Gasteiger partial charge on any atom is 0.239 e. The second-order valence-electron chi connectivity index (χ2n) is 7.61. The zero-order valence-corrected chi connectivity index (χ0v) is 18.7. The number of hydrogen-bond acceptors (Lipinski definition) is 8. The minimum Gasteiger partial charge on any atom is -0.423 e. The second-order valence-corrected chi connectivity index (χ2v) is 11.1. The molecule has 1 fully saturated rings. The van der Waals surface area contributed by atoms with E-state index < -0.39 is 15.6 Å². The van der Waals surface area contributed by atoms with Crippen LogP contribution in [0.15, 0.2) is 23.2 Å². The van der Waals surface area contributed by atoms with Gasteiger partial charge in [0.2, 0.25) is 21.9 Å². The molecule has 1 unspecified atom stereocenters. The molecule has 2 aromatic heterocycles. The maximum atomic E-state index is 12.5. The van der Waals surface area contributed by atoms with Gasteiger partial charge in [-0.25, -0.2) is 17.7 Å². The van der Waals surface area contributed by atoms with Gasteiger partial charge in [0.1, 0.15) is 11.2 Å². The number of thiophene rings is 1. The molecule has 3 heterocycles. The smallest absolute Gasteiger partial charge is 0.239 e. The molecule has 0 amide bonds. The van der Waals surface area contributed by atoms with Crippen molar-refractivity contribution in [3.05, 3.63) is 33.8 Å². The third-order valence-electron chi connectivity index (χ3n) is 5.10. The first-order chi connectivity index (χ1) is 14.0. The summed E-state index contributed by atoms with van der Waals surface area (Å²) in [6.07, 6.45) is 1.85. The third-order valence-corrected chi connectivity index (χ3v) is 8.88. The van der Waals surface area contributed by atoms with Crippen LogP contribution < -0.4 is 5.73 Å². The molecular formula is C18H21ClN6O3S2. The summed E-state index contributed by atoms with van der Waals surface area (Å²) in [7, 11) is -2.24. The predicted molar refractivity (Wildman–Crippen MR) is 118 cm³/mol. The molecule has 2 aromatic rings. The quantitative estimate of drug-likeness (QED) is 0.403. The standard InChI is InChI=1S/C18H21ClN6O3S2/c1-18(8-30(26,27)25(2)17(22)24-18)14-10(19)7-13(29-14)11-5-6-12(23-11)16(21)28-15(20)9-3-4-9/h5-7,9,20-21,23H,3-4,8H2,1-2H3,(H2,22,24). The first-order valence-corrected chi connectivity index (χ1v) is 12.0. The van der Waals surface area contributed by atoms with Crippen molar-refractivity contribution in [3.63, 3.8) is 0 Å². The van der Waals surface area contributed by atoms with Crippen molar-refractivity contribution in [2.75, 3.05) is 12.8 Å².